The molecule has 0 aromatic heterocycles. The van der Waals surface area contributed by atoms with Gasteiger partial charge in [0, 0.05) is 5.92 Å². The third-order valence-electron chi connectivity index (χ3n) is 4.34. The van der Waals surface area contributed by atoms with Crippen molar-refractivity contribution in [1.82, 2.24) is 0 Å². The number of Topliss-reactive ketones (excluding diaryl/α,β-unsaturated/α-hetero) is 1. The molecule has 0 radical (unpaired) electrons. The van der Waals surface area contributed by atoms with Crippen LogP contribution in [-0.4, -0.2) is 12.3 Å². The molecule has 140 valence electrons. The van der Waals surface area contributed by atoms with Crippen molar-refractivity contribution in [3.05, 3.63) is 35.1 Å². The summed E-state index contributed by atoms with van der Waals surface area (Å²) in [4.78, 5) is 10.6. The third kappa shape index (κ3) is 12.2. The molecule has 1 unspecified atom stereocenters. The number of carbonyl (C=O) groups excluding carboxylic acids is 1. The first-order chi connectivity index (χ1) is 11.3. The highest BCUT2D eigenvalue weighted by Gasteiger charge is 2.06. The number of hydrogen-bond donors (Lipinski definition) is 1. The van der Waals surface area contributed by atoms with Gasteiger partial charge in [-0.3, -0.25) is 4.79 Å². The first-order valence-corrected chi connectivity index (χ1v) is 9.24. The summed E-state index contributed by atoms with van der Waals surface area (Å²) < 4.78 is 12.8. The minimum atomic E-state index is -0.0897. The molecular formula is C21H38FNO. The zero-order chi connectivity index (χ0) is 19.1. The van der Waals surface area contributed by atoms with Gasteiger partial charge < -0.3 is 5.73 Å². The number of rotatable bonds is 6. The second-order valence-electron chi connectivity index (χ2n) is 6.35. The number of benzene rings is 1. The van der Waals surface area contributed by atoms with Crippen molar-refractivity contribution in [3.8, 4) is 0 Å². The van der Waals surface area contributed by atoms with Gasteiger partial charge in [-0.15, -0.1) is 0 Å². The van der Waals surface area contributed by atoms with E-state index in [1.54, 1.807) is 6.07 Å². The van der Waals surface area contributed by atoms with Gasteiger partial charge >= 0.3 is 0 Å². The van der Waals surface area contributed by atoms with Gasteiger partial charge in [0.05, 0.1) is 6.54 Å². The van der Waals surface area contributed by atoms with Crippen LogP contribution in [-0.2, 0) is 11.2 Å². The molecule has 3 heteroatoms. The molecule has 24 heavy (non-hydrogen) atoms. The van der Waals surface area contributed by atoms with Crippen LogP contribution in [0.15, 0.2) is 18.2 Å². The van der Waals surface area contributed by atoms with E-state index >= 15 is 0 Å². The molecule has 0 aliphatic rings. The number of hydrogen-bond acceptors (Lipinski definition) is 2. The molecule has 0 amide bonds. The molecule has 0 saturated carbocycles. The van der Waals surface area contributed by atoms with Gasteiger partial charge in [0.25, 0.3) is 0 Å². The van der Waals surface area contributed by atoms with Crippen LogP contribution < -0.4 is 5.73 Å². The molecule has 0 aliphatic heterocycles. The molecule has 0 bridgehead atoms. The number of nitrogens with two attached hydrogens (primary N) is 1. The average Bonchev–Trinajstić information content (AvgIpc) is 2.62. The number of carbonyl (C=O) groups is 1. The van der Waals surface area contributed by atoms with Crippen LogP contribution in [0.4, 0.5) is 4.39 Å². The van der Waals surface area contributed by atoms with E-state index in [4.69, 9.17) is 5.73 Å². The fourth-order valence-corrected chi connectivity index (χ4v) is 1.69. The SMILES string of the molecule is CCC(C)C(=O)CN.CCC(C)CC.CCc1cc(C)ccc1F. The Morgan fingerprint density at radius 3 is 1.88 bits per heavy atom. The molecule has 0 heterocycles. The van der Waals surface area contributed by atoms with E-state index in [1.807, 2.05) is 33.8 Å². The predicted octanol–water partition coefficient (Wildman–Crippen LogP) is 5.70. The van der Waals surface area contributed by atoms with Gasteiger partial charge in [0.2, 0.25) is 0 Å². The van der Waals surface area contributed by atoms with Crippen LogP contribution in [0.3, 0.4) is 0 Å². The molecule has 1 aromatic rings. The van der Waals surface area contributed by atoms with Crippen molar-refractivity contribution >= 4 is 5.78 Å². The molecule has 1 aromatic carbocycles. The van der Waals surface area contributed by atoms with Gasteiger partial charge in [0.15, 0.2) is 0 Å². The van der Waals surface area contributed by atoms with Crippen molar-refractivity contribution in [2.45, 2.75) is 74.1 Å². The summed E-state index contributed by atoms with van der Waals surface area (Å²) in [5.74, 6) is 1.16. The van der Waals surface area contributed by atoms with Crippen LogP contribution in [0.5, 0.6) is 0 Å². The maximum atomic E-state index is 12.8. The van der Waals surface area contributed by atoms with Gasteiger partial charge in [-0.1, -0.05) is 72.1 Å². The van der Waals surface area contributed by atoms with Crippen molar-refractivity contribution < 1.29 is 9.18 Å². The van der Waals surface area contributed by atoms with Crippen LogP contribution in [0.1, 0.15) is 71.9 Å². The summed E-state index contributed by atoms with van der Waals surface area (Å²) in [6.07, 6.45) is 4.33. The van der Waals surface area contributed by atoms with Gasteiger partial charge in [-0.05, 0) is 37.3 Å². The van der Waals surface area contributed by atoms with E-state index in [0.29, 0.717) is 0 Å². The molecular weight excluding hydrogens is 301 g/mol. The highest BCUT2D eigenvalue weighted by atomic mass is 19.1. The summed E-state index contributed by atoms with van der Waals surface area (Å²) >= 11 is 0. The topological polar surface area (TPSA) is 43.1 Å². The summed E-state index contributed by atoms with van der Waals surface area (Å²) in [6, 6.07) is 5.19. The summed E-state index contributed by atoms with van der Waals surface area (Å²) in [5.41, 5.74) is 7.03. The molecule has 0 spiro atoms. The predicted molar refractivity (Wildman–Crippen MR) is 104 cm³/mol. The van der Waals surface area contributed by atoms with Gasteiger partial charge in [-0.2, -0.15) is 0 Å². The number of ketones is 1. The fraction of sp³-hybridized carbons (Fsp3) is 0.667. The summed E-state index contributed by atoms with van der Waals surface area (Å²) in [5, 5.41) is 0. The van der Waals surface area contributed by atoms with E-state index in [-0.39, 0.29) is 24.1 Å². The van der Waals surface area contributed by atoms with Crippen LogP contribution in [0, 0.1) is 24.6 Å². The quantitative estimate of drug-likeness (QED) is 0.722. The smallest absolute Gasteiger partial charge is 0.149 e. The standard InChI is InChI=1S/C9H11F.C6H13NO.C6H14/c1-3-8-6-7(2)4-5-9(8)10;1-3-5(2)6(8)4-7;1-4-6(3)5-2/h4-6H,3H2,1-2H3;5H,3-4,7H2,1-2H3;6H,4-5H2,1-3H3. The lowest BCUT2D eigenvalue weighted by Crippen LogP contribution is -2.20. The maximum Gasteiger partial charge on any atom is 0.149 e. The largest absolute Gasteiger partial charge is 0.324 e. The minimum absolute atomic E-state index is 0.0897. The van der Waals surface area contributed by atoms with Crippen molar-refractivity contribution in [2.24, 2.45) is 17.6 Å². The highest BCUT2D eigenvalue weighted by molar-refractivity contribution is 5.82. The van der Waals surface area contributed by atoms with Gasteiger partial charge in [0.1, 0.15) is 11.6 Å². The zero-order valence-electron chi connectivity index (χ0n) is 16.8. The molecule has 2 N–H and O–H groups in total. The van der Waals surface area contributed by atoms with E-state index in [9.17, 15) is 9.18 Å². The van der Waals surface area contributed by atoms with E-state index < -0.39 is 0 Å². The second kappa shape index (κ2) is 15.3. The monoisotopic (exact) mass is 339 g/mol. The molecule has 0 saturated heterocycles. The Morgan fingerprint density at radius 2 is 1.62 bits per heavy atom. The van der Waals surface area contributed by atoms with Crippen molar-refractivity contribution in [3.63, 3.8) is 0 Å². The molecule has 2 nitrogen and oxygen atoms in total. The Balaban J connectivity index is 0. The minimum Gasteiger partial charge on any atom is -0.324 e. The zero-order valence-corrected chi connectivity index (χ0v) is 16.8. The van der Waals surface area contributed by atoms with E-state index in [1.165, 1.54) is 18.9 Å². The second-order valence-corrected chi connectivity index (χ2v) is 6.35. The first-order valence-electron chi connectivity index (χ1n) is 9.24. The van der Waals surface area contributed by atoms with Crippen molar-refractivity contribution in [1.29, 1.82) is 0 Å². The molecule has 0 fully saturated rings. The van der Waals surface area contributed by atoms with E-state index in [2.05, 4.69) is 20.8 Å². The fourth-order valence-electron chi connectivity index (χ4n) is 1.69. The average molecular weight is 340 g/mol. The lowest BCUT2D eigenvalue weighted by molar-refractivity contribution is -0.121. The Kier molecular flexibility index (Phi) is 16.0. The van der Waals surface area contributed by atoms with Crippen LogP contribution in [0.2, 0.25) is 0 Å². The lowest BCUT2D eigenvalue weighted by atomic mass is 10.0. The van der Waals surface area contributed by atoms with Gasteiger partial charge in [-0.25, -0.2) is 4.39 Å². The lowest BCUT2D eigenvalue weighted by Gasteiger charge is -2.01. The Bertz CT molecular complexity index is 441. The Morgan fingerprint density at radius 1 is 1.08 bits per heavy atom. The Labute approximate surface area is 149 Å². The summed E-state index contributed by atoms with van der Waals surface area (Å²) in [6.45, 7) is 14.7. The third-order valence-corrected chi connectivity index (χ3v) is 4.34. The molecule has 1 atom stereocenters. The maximum absolute atomic E-state index is 12.8. The van der Waals surface area contributed by atoms with Crippen LogP contribution >= 0.6 is 0 Å². The summed E-state index contributed by atoms with van der Waals surface area (Å²) in [7, 11) is 0. The molecule has 1 rings (SSSR count). The molecule has 0 aliphatic carbocycles. The number of halogens is 1. The Hall–Kier alpha value is -1.22. The van der Waals surface area contributed by atoms with Crippen molar-refractivity contribution in [2.75, 3.05) is 6.54 Å². The normalized spacial score (nSPS) is 11.1. The first kappa shape index (κ1) is 25.0. The van der Waals surface area contributed by atoms with Crippen LogP contribution in [0.25, 0.3) is 0 Å². The number of aryl methyl sites for hydroxylation is 2. The highest BCUT2D eigenvalue weighted by Crippen LogP contribution is 2.09. The van der Waals surface area contributed by atoms with E-state index in [0.717, 1.165) is 29.9 Å².